The first-order valence-electron chi connectivity index (χ1n) is 6.63. The van der Waals surface area contributed by atoms with Crippen molar-refractivity contribution in [1.82, 2.24) is 4.98 Å². The molecule has 1 N–H and O–H groups in total. The van der Waals surface area contributed by atoms with Gasteiger partial charge in [-0.25, -0.2) is 0 Å². The Balaban J connectivity index is 1.53. The smallest absolute Gasteiger partial charge is 0.295 e. The van der Waals surface area contributed by atoms with Crippen molar-refractivity contribution >= 4 is 17.1 Å². The normalized spacial score (nSPS) is 20.1. The Morgan fingerprint density at radius 3 is 3.06 bits per heavy atom. The molecule has 3 rings (SSSR count). The van der Waals surface area contributed by atoms with Gasteiger partial charge < -0.3 is 14.5 Å². The zero-order valence-corrected chi connectivity index (χ0v) is 10.4. The van der Waals surface area contributed by atoms with Gasteiger partial charge in [-0.15, -0.1) is 0 Å². The number of rotatable bonds is 4. The molecule has 0 aliphatic carbocycles. The van der Waals surface area contributed by atoms with Gasteiger partial charge in [0.15, 0.2) is 5.58 Å². The largest absolute Gasteiger partial charge is 0.424 e. The summed E-state index contributed by atoms with van der Waals surface area (Å²) in [6.45, 7) is 1.76. The van der Waals surface area contributed by atoms with Crippen molar-refractivity contribution in [2.75, 3.05) is 18.5 Å². The number of anilines is 1. The summed E-state index contributed by atoms with van der Waals surface area (Å²) in [4.78, 5) is 4.38. The summed E-state index contributed by atoms with van der Waals surface area (Å²) in [5.41, 5.74) is 1.72. The van der Waals surface area contributed by atoms with Crippen molar-refractivity contribution in [2.24, 2.45) is 0 Å². The molecule has 0 amide bonds. The zero-order valence-electron chi connectivity index (χ0n) is 10.4. The van der Waals surface area contributed by atoms with Crippen LogP contribution in [0.2, 0.25) is 0 Å². The first-order chi connectivity index (χ1) is 8.92. The van der Waals surface area contributed by atoms with E-state index in [0.717, 1.165) is 30.7 Å². The van der Waals surface area contributed by atoms with Crippen LogP contribution in [0, 0.1) is 0 Å². The topological polar surface area (TPSA) is 47.3 Å². The van der Waals surface area contributed by atoms with E-state index in [9.17, 15) is 0 Å². The van der Waals surface area contributed by atoms with Crippen LogP contribution in [0.4, 0.5) is 6.01 Å². The molecule has 1 aromatic heterocycles. The first kappa shape index (κ1) is 11.5. The molecule has 96 valence electrons. The van der Waals surface area contributed by atoms with Gasteiger partial charge in [-0.1, -0.05) is 12.1 Å². The molecule has 1 atom stereocenters. The summed E-state index contributed by atoms with van der Waals surface area (Å²) in [5.74, 6) is 0. The van der Waals surface area contributed by atoms with Crippen LogP contribution in [0.1, 0.15) is 25.7 Å². The maximum atomic E-state index is 5.68. The number of ether oxygens (including phenoxy) is 1. The molecule has 2 heterocycles. The Morgan fingerprint density at radius 2 is 2.22 bits per heavy atom. The van der Waals surface area contributed by atoms with Crippen LogP contribution in [-0.4, -0.2) is 24.2 Å². The molecule has 2 aromatic rings. The highest BCUT2D eigenvalue weighted by Crippen LogP contribution is 2.19. The monoisotopic (exact) mass is 246 g/mol. The van der Waals surface area contributed by atoms with Crippen molar-refractivity contribution in [3.05, 3.63) is 24.3 Å². The molecule has 1 fully saturated rings. The standard InChI is InChI=1S/C14H18N2O2/c1-2-7-13-12(6-1)16-14(18-13)15-9-8-11-5-3-4-10-17-11/h1-2,6-7,11H,3-5,8-10H2,(H,15,16). The van der Waals surface area contributed by atoms with Crippen LogP contribution in [0.15, 0.2) is 28.7 Å². The van der Waals surface area contributed by atoms with Gasteiger partial charge in [0.05, 0.1) is 6.10 Å². The van der Waals surface area contributed by atoms with Crippen molar-refractivity contribution in [3.63, 3.8) is 0 Å². The molecule has 1 unspecified atom stereocenters. The SMILES string of the molecule is c1ccc2oc(NCCC3CCCCO3)nc2c1. The highest BCUT2D eigenvalue weighted by molar-refractivity contribution is 5.74. The minimum Gasteiger partial charge on any atom is -0.424 e. The van der Waals surface area contributed by atoms with E-state index in [-0.39, 0.29) is 0 Å². The maximum absolute atomic E-state index is 5.68. The van der Waals surface area contributed by atoms with E-state index in [4.69, 9.17) is 9.15 Å². The number of para-hydroxylation sites is 2. The maximum Gasteiger partial charge on any atom is 0.295 e. The Labute approximate surface area is 106 Å². The van der Waals surface area contributed by atoms with Crippen molar-refractivity contribution in [1.29, 1.82) is 0 Å². The number of fused-ring (bicyclic) bond motifs is 1. The van der Waals surface area contributed by atoms with Crippen LogP contribution in [0.3, 0.4) is 0 Å². The van der Waals surface area contributed by atoms with Gasteiger partial charge in [0.1, 0.15) is 5.52 Å². The molecule has 1 aliphatic heterocycles. The van der Waals surface area contributed by atoms with Crippen molar-refractivity contribution in [3.8, 4) is 0 Å². The highest BCUT2D eigenvalue weighted by atomic mass is 16.5. The first-order valence-corrected chi connectivity index (χ1v) is 6.63. The number of nitrogens with one attached hydrogen (secondary N) is 1. The average Bonchev–Trinajstić information content (AvgIpc) is 2.82. The van der Waals surface area contributed by atoms with Gasteiger partial charge >= 0.3 is 0 Å². The molecule has 4 nitrogen and oxygen atoms in total. The number of oxazole rings is 1. The molecular formula is C14H18N2O2. The molecule has 18 heavy (non-hydrogen) atoms. The lowest BCUT2D eigenvalue weighted by atomic mass is 10.1. The summed E-state index contributed by atoms with van der Waals surface area (Å²) in [6.07, 6.45) is 5.08. The van der Waals surface area contributed by atoms with E-state index in [1.165, 1.54) is 19.3 Å². The summed E-state index contributed by atoms with van der Waals surface area (Å²) < 4.78 is 11.3. The number of benzene rings is 1. The van der Waals surface area contributed by atoms with Crippen molar-refractivity contribution in [2.45, 2.75) is 31.8 Å². The Hall–Kier alpha value is -1.55. The Kier molecular flexibility index (Phi) is 3.46. The van der Waals surface area contributed by atoms with Crippen LogP contribution in [0.25, 0.3) is 11.1 Å². The van der Waals surface area contributed by atoms with Crippen LogP contribution in [-0.2, 0) is 4.74 Å². The molecule has 0 spiro atoms. The second-order valence-electron chi connectivity index (χ2n) is 4.69. The quantitative estimate of drug-likeness (QED) is 0.900. The molecular weight excluding hydrogens is 228 g/mol. The van der Waals surface area contributed by atoms with E-state index < -0.39 is 0 Å². The highest BCUT2D eigenvalue weighted by Gasteiger charge is 2.13. The molecule has 0 bridgehead atoms. The van der Waals surface area contributed by atoms with Gasteiger partial charge in [0, 0.05) is 13.2 Å². The minimum absolute atomic E-state index is 0.399. The average molecular weight is 246 g/mol. The molecule has 1 saturated heterocycles. The fourth-order valence-electron chi connectivity index (χ4n) is 2.32. The second kappa shape index (κ2) is 5.40. The summed E-state index contributed by atoms with van der Waals surface area (Å²) in [5, 5.41) is 3.22. The lowest BCUT2D eigenvalue weighted by molar-refractivity contribution is 0.0134. The third kappa shape index (κ3) is 2.64. The lowest BCUT2D eigenvalue weighted by Crippen LogP contribution is -2.22. The lowest BCUT2D eigenvalue weighted by Gasteiger charge is -2.22. The van der Waals surface area contributed by atoms with Crippen LogP contribution >= 0.6 is 0 Å². The molecule has 1 aromatic carbocycles. The van der Waals surface area contributed by atoms with Crippen molar-refractivity contribution < 1.29 is 9.15 Å². The van der Waals surface area contributed by atoms with Gasteiger partial charge in [-0.2, -0.15) is 4.98 Å². The molecule has 0 radical (unpaired) electrons. The number of hydrogen-bond acceptors (Lipinski definition) is 4. The minimum atomic E-state index is 0.399. The fourth-order valence-corrected chi connectivity index (χ4v) is 2.32. The molecule has 1 aliphatic rings. The third-order valence-electron chi connectivity index (χ3n) is 3.31. The summed E-state index contributed by atoms with van der Waals surface area (Å²) in [6, 6.07) is 8.40. The molecule has 0 saturated carbocycles. The van der Waals surface area contributed by atoms with E-state index >= 15 is 0 Å². The number of aromatic nitrogens is 1. The van der Waals surface area contributed by atoms with Gasteiger partial charge in [0.25, 0.3) is 6.01 Å². The van der Waals surface area contributed by atoms with E-state index in [2.05, 4.69) is 10.3 Å². The number of hydrogen-bond donors (Lipinski definition) is 1. The van der Waals surface area contributed by atoms with Gasteiger partial charge in [-0.3, -0.25) is 0 Å². The predicted octanol–water partition coefficient (Wildman–Crippen LogP) is 3.20. The second-order valence-corrected chi connectivity index (χ2v) is 4.69. The van der Waals surface area contributed by atoms with Crippen LogP contribution in [0.5, 0.6) is 0 Å². The third-order valence-corrected chi connectivity index (χ3v) is 3.31. The van der Waals surface area contributed by atoms with E-state index in [1.807, 2.05) is 24.3 Å². The summed E-state index contributed by atoms with van der Waals surface area (Å²) >= 11 is 0. The van der Waals surface area contributed by atoms with E-state index in [0.29, 0.717) is 12.1 Å². The number of nitrogens with zero attached hydrogens (tertiary/aromatic N) is 1. The molecule has 4 heteroatoms. The zero-order chi connectivity index (χ0) is 12.2. The predicted molar refractivity (Wildman–Crippen MR) is 70.7 cm³/mol. The summed E-state index contributed by atoms with van der Waals surface area (Å²) in [7, 11) is 0. The van der Waals surface area contributed by atoms with Crippen LogP contribution < -0.4 is 5.32 Å². The Bertz CT molecular complexity index is 470. The fraction of sp³-hybridized carbons (Fsp3) is 0.500. The Morgan fingerprint density at radius 1 is 1.28 bits per heavy atom. The van der Waals surface area contributed by atoms with Gasteiger partial charge in [-0.05, 0) is 37.8 Å². The van der Waals surface area contributed by atoms with Gasteiger partial charge in [0.2, 0.25) is 0 Å². The van der Waals surface area contributed by atoms with E-state index in [1.54, 1.807) is 0 Å².